The van der Waals surface area contributed by atoms with Crippen LogP contribution in [0.5, 0.6) is 0 Å². The summed E-state index contributed by atoms with van der Waals surface area (Å²) in [5, 5.41) is 0.155. The van der Waals surface area contributed by atoms with Crippen LogP contribution in [0.15, 0.2) is 46.1 Å². The van der Waals surface area contributed by atoms with Crippen molar-refractivity contribution >= 4 is 40.3 Å². The number of nitrogens with two attached hydrogens (primary N) is 1. The number of aliphatic imine (C=N–C) groups is 1. The van der Waals surface area contributed by atoms with Crippen molar-refractivity contribution < 1.29 is 32.3 Å². The number of carbonyl (C=O) groups excluding carboxylic acids is 2. The summed E-state index contributed by atoms with van der Waals surface area (Å²) >= 11 is 0. The van der Waals surface area contributed by atoms with E-state index in [9.17, 15) is 14.0 Å². The molecular formula is C27H28F2N4O5. The van der Waals surface area contributed by atoms with Crippen molar-refractivity contribution in [1.82, 2.24) is 4.98 Å². The number of hydrogen-bond acceptors (Lipinski definition) is 8. The van der Waals surface area contributed by atoms with E-state index < -0.39 is 23.6 Å². The van der Waals surface area contributed by atoms with Gasteiger partial charge in [0, 0.05) is 55.3 Å². The average molecular weight is 527 g/mol. The quantitative estimate of drug-likeness (QED) is 0.240. The van der Waals surface area contributed by atoms with Crippen LogP contribution in [0, 0.1) is 11.8 Å². The summed E-state index contributed by atoms with van der Waals surface area (Å²) in [6, 6.07) is 5.02. The van der Waals surface area contributed by atoms with E-state index in [0.717, 1.165) is 25.1 Å². The molecule has 9 nitrogen and oxygen atoms in total. The normalized spacial score (nSPS) is 15.9. The molecule has 4 rings (SSSR count). The highest BCUT2D eigenvalue weighted by Gasteiger charge is 2.32. The lowest BCUT2D eigenvalue weighted by molar-refractivity contribution is 0.101. The smallest absolute Gasteiger partial charge is 0.414 e. The Morgan fingerprint density at radius 2 is 2.11 bits per heavy atom. The number of pyridine rings is 1. The van der Waals surface area contributed by atoms with Gasteiger partial charge in [0.1, 0.15) is 5.69 Å². The molecule has 1 aromatic carbocycles. The van der Waals surface area contributed by atoms with Gasteiger partial charge in [-0.1, -0.05) is 0 Å². The van der Waals surface area contributed by atoms with Crippen molar-refractivity contribution in [3.63, 3.8) is 0 Å². The second-order valence-corrected chi connectivity index (χ2v) is 8.60. The number of anilines is 1. The zero-order valence-electron chi connectivity index (χ0n) is 21.1. The summed E-state index contributed by atoms with van der Waals surface area (Å²) in [5.74, 6) is -2.57. The number of fused-ring (bicyclic) bond motifs is 1. The molecule has 2 aromatic heterocycles. The molecule has 38 heavy (non-hydrogen) atoms. The molecule has 1 fully saturated rings. The van der Waals surface area contributed by atoms with Gasteiger partial charge in [-0.25, -0.2) is 14.2 Å². The second kappa shape index (κ2) is 12.0. The summed E-state index contributed by atoms with van der Waals surface area (Å²) in [7, 11) is 1.54. The van der Waals surface area contributed by atoms with Crippen LogP contribution in [0.3, 0.4) is 0 Å². The lowest BCUT2D eigenvalue weighted by atomic mass is 10.0. The third-order valence-electron chi connectivity index (χ3n) is 6.15. The molecule has 0 saturated carbocycles. The number of nitrogens with zero attached hydrogens (tertiary/aromatic N) is 3. The highest BCUT2D eigenvalue weighted by molar-refractivity contribution is 6.18. The zero-order chi connectivity index (χ0) is 27.2. The fourth-order valence-corrected chi connectivity index (χ4v) is 4.37. The van der Waals surface area contributed by atoms with E-state index in [1.807, 2.05) is 0 Å². The van der Waals surface area contributed by atoms with E-state index in [4.69, 9.17) is 19.6 Å². The lowest BCUT2D eigenvalue weighted by Crippen LogP contribution is -2.35. The fraction of sp³-hybridized carbons (Fsp3) is 0.333. The van der Waals surface area contributed by atoms with Crippen LogP contribution < -0.4 is 10.6 Å². The molecular weight excluding hydrogens is 498 g/mol. The molecule has 2 N–H and O–H groups in total. The van der Waals surface area contributed by atoms with Gasteiger partial charge < -0.3 is 19.6 Å². The van der Waals surface area contributed by atoms with Crippen LogP contribution in [0.25, 0.3) is 16.5 Å². The van der Waals surface area contributed by atoms with Crippen LogP contribution >= 0.6 is 0 Å². The molecule has 3 heterocycles. The zero-order valence-corrected chi connectivity index (χ0v) is 21.1. The van der Waals surface area contributed by atoms with Gasteiger partial charge in [0.2, 0.25) is 11.7 Å². The number of hydrogen-bond donors (Lipinski definition) is 1. The Balaban J connectivity index is 1.93. The van der Waals surface area contributed by atoms with Gasteiger partial charge in [-0.3, -0.25) is 14.7 Å². The lowest BCUT2D eigenvalue weighted by Gasteiger charge is -2.23. The summed E-state index contributed by atoms with van der Waals surface area (Å²) < 4.78 is 45.6. The maximum Gasteiger partial charge on any atom is 0.414 e. The first-order valence-electron chi connectivity index (χ1n) is 12.2. The number of benzene rings is 1. The molecule has 1 atom stereocenters. The Kier molecular flexibility index (Phi) is 8.47. The Hall–Kier alpha value is -4.12. The Bertz CT molecular complexity index is 1380. The molecule has 1 aliphatic heterocycles. The summed E-state index contributed by atoms with van der Waals surface area (Å²) in [4.78, 5) is 35.5. The number of amides is 1. The van der Waals surface area contributed by atoms with Gasteiger partial charge in [-0.15, -0.1) is 0 Å². The SMILES string of the molecule is CCOC(=O)N(CCC1CCCO1)c1c(C(=O)c2ccc(F)nc2)oc2c(F)cc(/C(C=NC)=C/N)cc12. The van der Waals surface area contributed by atoms with Gasteiger partial charge in [0.05, 0.1) is 12.7 Å². The molecule has 1 unspecified atom stereocenters. The van der Waals surface area contributed by atoms with Gasteiger partial charge in [-0.05, 0) is 56.0 Å². The minimum atomic E-state index is -0.776. The van der Waals surface area contributed by atoms with Crippen molar-refractivity contribution in [2.75, 3.05) is 31.7 Å². The minimum absolute atomic E-state index is 0.00377. The first-order chi connectivity index (χ1) is 18.4. The van der Waals surface area contributed by atoms with Crippen LogP contribution in [0.2, 0.25) is 0 Å². The third kappa shape index (κ3) is 5.57. The number of halogens is 2. The van der Waals surface area contributed by atoms with Crippen LogP contribution in [0.1, 0.15) is 47.9 Å². The van der Waals surface area contributed by atoms with Crippen molar-refractivity contribution in [2.45, 2.75) is 32.3 Å². The Labute approximate surface area is 217 Å². The molecule has 1 saturated heterocycles. The van der Waals surface area contributed by atoms with Crippen LogP contribution in [-0.2, 0) is 9.47 Å². The average Bonchev–Trinajstić information content (AvgIpc) is 3.56. The highest BCUT2D eigenvalue weighted by atomic mass is 19.1. The van der Waals surface area contributed by atoms with Crippen molar-refractivity contribution in [3.8, 4) is 0 Å². The van der Waals surface area contributed by atoms with Gasteiger partial charge in [0.25, 0.3) is 0 Å². The summed E-state index contributed by atoms with van der Waals surface area (Å²) in [6.07, 6.45) is 5.14. The number of rotatable bonds is 9. The largest absolute Gasteiger partial charge is 0.449 e. The molecule has 200 valence electrons. The predicted molar refractivity (Wildman–Crippen MR) is 138 cm³/mol. The number of aromatic nitrogens is 1. The summed E-state index contributed by atoms with van der Waals surface area (Å²) in [5.41, 5.74) is 6.30. The number of allylic oxidation sites excluding steroid dienone is 1. The van der Waals surface area contributed by atoms with E-state index in [1.54, 1.807) is 20.0 Å². The highest BCUT2D eigenvalue weighted by Crippen LogP contribution is 2.39. The van der Waals surface area contributed by atoms with Crippen molar-refractivity contribution in [3.05, 3.63) is 65.3 Å². The number of furan rings is 1. The Morgan fingerprint density at radius 3 is 2.74 bits per heavy atom. The monoisotopic (exact) mass is 526 g/mol. The van der Waals surface area contributed by atoms with Crippen LogP contribution in [0.4, 0.5) is 19.3 Å². The van der Waals surface area contributed by atoms with Gasteiger partial charge in [-0.2, -0.15) is 4.39 Å². The van der Waals surface area contributed by atoms with E-state index in [-0.39, 0.29) is 47.2 Å². The molecule has 3 aromatic rings. The van der Waals surface area contributed by atoms with E-state index >= 15 is 4.39 Å². The molecule has 0 bridgehead atoms. The maximum absolute atomic E-state index is 15.4. The topological polar surface area (TPSA) is 120 Å². The second-order valence-electron chi connectivity index (χ2n) is 8.60. The minimum Gasteiger partial charge on any atom is -0.449 e. The maximum atomic E-state index is 15.4. The van der Waals surface area contributed by atoms with E-state index in [0.29, 0.717) is 24.2 Å². The third-order valence-corrected chi connectivity index (χ3v) is 6.15. The molecule has 11 heteroatoms. The van der Waals surface area contributed by atoms with Crippen molar-refractivity contribution in [1.29, 1.82) is 0 Å². The standard InChI is InChI=1S/C27H28F2N4O5/c1-3-36-27(35)33(9-8-19-5-4-10-37-19)23-20-11-17(18(13-30)14-31-2)12-21(28)25(20)38-26(23)24(34)16-6-7-22(29)32-15-16/h6-7,11-15,19H,3-5,8-10,30H2,1-2H3/b18-13+,31-14?. The number of ether oxygens (including phenoxy) is 2. The molecule has 0 spiro atoms. The van der Waals surface area contributed by atoms with Crippen molar-refractivity contribution in [2.24, 2.45) is 10.7 Å². The molecule has 0 radical (unpaired) electrons. The number of carbonyl (C=O) groups is 2. The van der Waals surface area contributed by atoms with E-state index in [2.05, 4.69) is 9.98 Å². The predicted octanol–water partition coefficient (Wildman–Crippen LogP) is 4.87. The first-order valence-corrected chi connectivity index (χ1v) is 12.2. The Morgan fingerprint density at radius 1 is 1.29 bits per heavy atom. The molecule has 1 aliphatic rings. The number of ketones is 1. The first kappa shape index (κ1) is 26.9. The van der Waals surface area contributed by atoms with Crippen LogP contribution in [-0.4, -0.2) is 56.0 Å². The van der Waals surface area contributed by atoms with E-state index in [1.165, 1.54) is 29.4 Å². The summed E-state index contributed by atoms with van der Waals surface area (Å²) in [6.45, 7) is 2.46. The van der Waals surface area contributed by atoms with Gasteiger partial charge >= 0.3 is 6.09 Å². The molecule has 0 aliphatic carbocycles. The van der Waals surface area contributed by atoms with Gasteiger partial charge in [0.15, 0.2) is 17.2 Å². The fourth-order valence-electron chi connectivity index (χ4n) is 4.37. The molecule has 1 amide bonds.